The van der Waals surface area contributed by atoms with Gasteiger partial charge in [0.1, 0.15) is 5.82 Å². The molecule has 0 amide bonds. The van der Waals surface area contributed by atoms with Crippen molar-refractivity contribution in [2.45, 2.75) is 33.1 Å². The Morgan fingerprint density at radius 1 is 1.22 bits per heavy atom. The second-order valence-electron chi connectivity index (χ2n) is 5.66. The minimum absolute atomic E-state index is 0.241. The summed E-state index contributed by atoms with van der Waals surface area (Å²) in [6, 6.07) is 4.84. The predicted octanol–water partition coefficient (Wildman–Crippen LogP) is 3.67. The number of rotatable bonds is 2. The average molecular weight is 250 g/mol. The van der Waals surface area contributed by atoms with Crippen molar-refractivity contribution in [3.8, 4) is 0 Å². The molecule has 1 fully saturated rings. The third kappa shape index (κ3) is 3.15. The zero-order chi connectivity index (χ0) is 13.1. The van der Waals surface area contributed by atoms with Crippen molar-refractivity contribution in [1.82, 2.24) is 0 Å². The minimum atomic E-state index is -0.241. The van der Waals surface area contributed by atoms with Crippen LogP contribution in [-0.4, -0.2) is 13.1 Å². The smallest absolute Gasteiger partial charge is 0.127 e. The zero-order valence-corrected chi connectivity index (χ0v) is 11.3. The molecule has 0 aliphatic carbocycles. The van der Waals surface area contributed by atoms with Gasteiger partial charge in [-0.1, -0.05) is 13.8 Å². The summed E-state index contributed by atoms with van der Waals surface area (Å²) in [6.07, 6.45) is 3.65. The highest BCUT2D eigenvalue weighted by Crippen LogP contribution is 2.28. The lowest BCUT2D eigenvalue weighted by Gasteiger charge is -2.24. The number of hydrogen-bond acceptors (Lipinski definition) is 2. The van der Waals surface area contributed by atoms with E-state index < -0.39 is 0 Å². The molecule has 0 aromatic heterocycles. The molecule has 1 aromatic carbocycles. The van der Waals surface area contributed by atoms with Crippen LogP contribution in [0.3, 0.4) is 0 Å². The monoisotopic (exact) mass is 250 g/mol. The molecule has 1 heterocycles. The fraction of sp³-hybridized carbons (Fsp3) is 0.600. The van der Waals surface area contributed by atoms with Gasteiger partial charge in [-0.2, -0.15) is 0 Å². The molecule has 0 spiro atoms. The molecule has 100 valence electrons. The largest absolute Gasteiger partial charge is 0.399 e. The number of halogens is 1. The first kappa shape index (κ1) is 13.2. The zero-order valence-electron chi connectivity index (χ0n) is 11.3. The maximum absolute atomic E-state index is 13.4. The fourth-order valence-electron chi connectivity index (χ4n) is 2.83. The molecule has 0 bridgehead atoms. The molecule has 3 heteroatoms. The summed E-state index contributed by atoms with van der Waals surface area (Å²) in [5, 5.41) is 0. The van der Waals surface area contributed by atoms with Crippen LogP contribution < -0.4 is 10.6 Å². The Morgan fingerprint density at radius 2 is 2.00 bits per heavy atom. The molecular weight excluding hydrogens is 227 g/mol. The van der Waals surface area contributed by atoms with Gasteiger partial charge in [0.25, 0.3) is 0 Å². The molecule has 2 rings (SSSR count). The number of hydrogen-bond donors (Lipinski definition) is 1. The van der Waals surface area contributed by atoms with E-state index in [4.69, 9.17) is 5.73 Å². The quantitative estimate of drug-likeness (QED) is 0.811. The van der Waals surface area contributed by atoms with Gasteiger partial charge in [0, 0.05) is 24.5 Å². The van der Waals surface area contributed by atoms with Crippen LogP contribution in [0.4, 0.5) is 15.8 Å². The van der Waals surface area contributed by atoms with Gasteiger partial charge in [-0.15, -0.1) is 0 Å². The second kappa shape index (κ2) is 5.59. The fourth-order valence-corrected chi connectivity index (χ4v) is 2.83. The normalized spacial score (nSPS) is 21.1. The van der Waals surface area contributed by atoms with Crippen LogP contribution >= 0.6 is 0 Å². The summed E-state index contributed by atoms with van der Waals surface area (Å²) in [7, 11) is 0. The lowest BCUT2D eigenvalue weighted by molar-refractivity contribution is 0.351. The van der Waals surface area contributed by atoms with Crippen LogP contribution in [-0.2, 0) is 0 Å². The molecule has 1 saturated heterocycles. The summed E-state index contributed by atoms with van der Waals surface area (Å²) < 4.78 is 13.4. The van der Waals surface area contributed by atoms with Crippen LogP contribution in [0.2, 0.25) is 0 Å². The van der Waals surface area contributed by atoms with Gasteiger partial charge < -0.3 is 10.6 Å². The van der Waals surface area contributed by atoms with Gasteiger partial charge >= 0.3 is 0 Å². The van der Waals surface area contributed by atoms with Gasteiger partial charge in [-0.05, 0) is 49.3 Å². The van der Waals surface area contributed by atoms with Crippen molar-refractivity contribution in [3.05, 3.63) is 24.0 Å². The molecule has 1 aromatic rings. The second-order valence-corrected chi connectivity index (χ2v) is 5.66. The summed E-state index contributed by atoms with van der Waals surface area (Å²) in [6.45, 7) is 6.60. The maximum atomic E-state index is 13.4. The molecule has 0 radical (unpaired) electrons. The number of benzene rings is 1. The Bertz CT molecular complexity index is 383. The third-order valence-corrected chi connectivity index (χ3v) is 3.99. The minimum Gasteiger partial charge on any atom is -0.399 e. The van der Waals surface area contributed by atoms with Gasteiger partial charge in [-0.3, -0.25) is 0 Å². The summed E-state index contributed by atoms with van der Waals surface area (Å²) in [4.78, 5) is 2.27. The highest BCUT2D eigenvalue weighted by molar-refractivity contribution is 5.56. The van der Waals surface area contributed by atoms with Gasteiger partial charge in [0.05, 0.1) is 0 Å². The van der Waals surface area contributed by atoms with Crippen LogP contribution in [0, 0.1) is 17.7 Å². The van der Waals surface area contributed by atoms with Crippen LogP contribution in [0.25, 0.3) is 0 Å². The first-order chi connectivity index (χ1) is 8.56. The Morgan fingerprint density at radius 3 is 2.67 bits per heavy atom. The van der Waals surface area contributed by atoms with E-state index in [2.05, 4.69) is 18.7 Å². The van der Waals surface area contributed by atoms with E-state index >= 15 is 0 Å². The SMILES string of the molecule is CC(C)C1CCCN(c2cc(N)cc(F)c2)CC1. The molecule has 1 unspecified atom stereocenters. The van der Waals surface area contributed by atoms with Crippen LogP contribution in [0.1, 0.15) is 33.1 Å². The van der Waals surface area contributed by atoms with E-state index in [9.17, 15) is 4.39 Å². The molecule has 1 aliphatic rings. The number of nitrogen functional groups attached to an aromatic ring is 1. The van der Waals surface area contributed by atoms with Crippen molar-refractivity contribution in [1.29, 1.82) is 0 Å². The van der Waals surface area contributed by atoms with E-state index in [0.717, 1.165) is 30.6 Å². The van der Waals surface area contributed by atoms with Crippen molar-refractivity contribution >= 4 is 11.4 Å². The Kier molecular flexibility index (Phi) is 4.10. The standard InChI is InChI=1S/C15H23FN2/c1-11(2)12-4-3-6-18(7-5-12)15-9-13(16)8-14(17)10-15/h8-12H,3-7,17H2,1-2H3. The highest BCUT2D eigenvalue weighted by atomic mass is 19.1. The molecule has 0 saturated carbocycles. The highest BCUT2D eigenvalue weighted by Gasteiger charge is 2.20. The first-order valence-electron chi connectivity index (χ1n) is 6.87. The van der Waals surface area contributed by atoms with Crippen molar-refractivity contribution < 1.29 is 4.39 Å². The molecule has 1 aliphatic heterocycles. The van der Waals surface area contributed by atoms with Gasteiger partial charge in [-0.25, -0.2) is 4.39 Å². The van der Waals surface area contributed by atoms with Gasteiger partial charge in [0.15, 0.2) is 0 Å². The Balaban J connectivity index is 2.09. The molecule has 2 nitrogen and oxygen atoms in total. The maximum Gasteiger partial charge on any atom is 0.127 e. The predicted molar refractivity (Wildman–Crippen MR) is 75.2 cm³/mol. The lowest BCUT2D eigenvalue weighted by Crippen LogP contribution is -2.24. The van der Waals surface area contributed by atoms with E-state index in [-0.39, 0.29) is 5.82 Å². The summed E-state index contributed by atoms with van der Waals surface area (Å²) in [5.74, 6) is 1.29. The van der Waals surface area contributed by atoms with E-state index in [1.165, 1.54) is 25.3 Å². The van der Waals surface area contributed by atoms with Crippen molar-refractivity contribution in [3.63, 3.8) is 0 Å². The van der Waals surface area contributed by atoms with Crippen molar-refractivity contribution in [2.75, 3.05) is 23.7 Å². The lowest BCUT2D eigenvalue weighted by atomic mass is 9.89. The Labute approximate surface area is 109 Å². The number of nitrogens with zero attached hydrogens (tertiary/aromatic N) is 1. The number of anilines is 2. The van der Waals surface area contributed by atoms with E-state index in [1.54, 1.807) is 6.07 Å². The first-order valence-corrected chi connectivity index (χ1v) is 6.87. The molecule has 2 N–H and O–H groups in total. The number of nitrogens with two attached hydrogens (primary N) is 1. The van der Waals surface area contributed by atoms with E-state index in [1.807, 2.05) is 6.07 Å². The van der Waals surface area contributed by atoms with E-state index in [0.29, 0.717) is 5.69 Å². The Hall–Kier alpha value is -1.25. The summed E-state index contributed by atoms with van der Waals surface area (Å²) >= 11 is 0. The molecule has 18 heavy (non-hydrogen) atoms. The molecule has 1 atom stereocenters. The van der Waals surface area contributed by atoms with Crippen molar-refractivity contribution in [2.24, 2.45) is 11.8 Å². The molecular formula is C15H23FN2. The topological polar surface area (TPSA) is 29.3 Å². The van der Waals surface area contributed by atoms with Crippen LogP contribution in [0.5, 0.6) is 0 Å². The summed E-state index contributed by atoms with van der Waals surface area (Å²) in [5.41, 5.74) is 7.15. The third-order valence-electron chi connectivity index (χ3n) is 3.99. The average Bonchev–Trinajstić information content (AvgIpc) is 2.52. The van der Waals surface area contributed by atoms with Gasteiger partial charge in [0.2, 0.25) is 0 Å². The van der Waals surface area contributed by atoms with Crippen LogP contribution in [0.15, 0.2) is 18.2 Å².